The van der Waals surface area contributed by atoms with E-state index in [9.17, 15) is 0 Å². The minimum absolute atomic E-state index is 0.0642. The molecule has 0 spiro atoms. The van der Waals surface area contributed by atoms with Crippen LogP contribution in [0.2, 0.25) is 0 Å². The number of rotatable bonds is 6. The SMILES string of the molecule is CC1(CNCCOC2CCNCC2)CCCO1. The van der Waals surface area contributed by atoms with Crippen LogP contribution in [0.3, 0.4) is 0 Å². The summed E-state index contributed by atoms with van der Waals surface area (Å²) in [5.74, 6) is 0. The fourth-order valence-electron chi connectivity index (χ4n) is 2.59. The quantitative estimate of drug-likeness (QED) is 0.680. The van der Waals surface area contributed by atoms with Crippen molar-refractivity contribution in [3.05, 3.63) is 0 Å². The standard InChI is InChI=1S/C13H26N2O2/c1-13(5-2-9-17-13)11-15-8-10-16-12-3-6-14-7-4-12/h12,14-15H,2-11H2,1H3. The smallest absolute Gasteiger partial charge is 0.0779 e. The Morgan fingerprint density at radius 3 is 2.94 bits per heavy atom. The fraction of sp³-hybridized carbons (Fsp3) is 1.00. The van der Waals surface area contributed by atoms with Gasteiger partial charge in [0.25, 0.3) is 0 Å². The molecule has 1 unspecified atom stereocenters. The highest BCUT2D eigenvalue weighted by Gasteiger charge is 2.28. The molecule has 4 heteroatoms. The molecule has 2 aliphatic heterocycles. The first-order valence-electron chi connectivity index (χ1n) is 6.95. The van der Waals surface area contributed by atoms with Crippen molar-refractivity contribution in [1.82, 2.24) is 10.6 Å². The summed E-state index contributed by atoms with van der Waals surface area (Å²) in [5.41, 5.74) is 0.0642. The second-order valence-electron chi connectivity index (χ2n) is 5.40. The minimum Gasteiger partial charge on any atom is -0.377 e. The molecule has 2 heterocycles. The van der Waals surface area contributed by atoms with Gasteiger partial charge in [-0.05, 0) is 45.7 Å². The molecule has 0 bridgehead atoms. The Hall–Kier alpha value is -0.160. The maximum absolute atomic E-state index is 5.84. The number of hydrogen-bond acceptors (Lipinski definition) is 4. The minimum atomic E-state index is 0.0642. The van der Waals surface area contributed by atoms with Crippen LogP contribution < -0.4 is 10.6 Å². The zero-order chi connectivity index (χ0) is 12.0. The van der Waals surface area contributed by atoms with Gasteiger partial charge in [-0.2, -0.15) is 0 Å². The van der Waals surface area contributed by atoms with Gasteiger partial charge in [-0.1, -0.05) is 0 Å². The van der Waals surface area contributed by atoms with Crippen molar-refractivity contribution >= 4 is 0 Å². The highest BCUT2D eigenvalue weighted by molar-refractivity contribution is 4.82. The van der Waals surface area contributed by atoms with Crippen LogP contribution in [0.1, 0.15) is 32.6 Å². The number of ether oxygens (including phenoxy) is 2. The molecule has 0 aromatic rings. The molecule has 0 amide bonds. The van der Waals surface area contributed by atoms with Gasteiger partial charge in [-0.3, -0.25) is 0 Å². The van der Waals surface area contributed by atoms with Gasteiger partial charge in [-0.15, -0.1) is 0 Å². The van der Waals surface area contributed by atoms with Gasteiger partial charge < -0.3 is 20.1 Å². The van der Waals surface area contributed by atoms with Crippen LogP contribution in [0.4, 0.5) is 0 Å². The summed E-state index contributed by atoms with van der Waals surface area (Å²) in [6.07, 6.45) is 5.15. The molecular formula is C13H26N2O2. The second kappa shape index (κ2) is 6.69. The molecule has 4 nitrogen and oxygen atoms in total. The average molecular weight is 242 g/mol. The van der Waals surface area contributed by atoms with Crippen molar-refractivity contribution in [3.8, 4) is 0 Å². The topological polar surface area (TPSA) is 42.5 Å². The molecular weight excluding hydrogens is 216 g/mol. The second-order valence-corrected chi connectivity index (χ2v) is 5.40. The summed E-state index contributed by atoms with van der Waals surface area (Å²) >= 11 is 0. The summed E-state index contributed by atoms with van der Waals surface area (Å²) < 4.78 is 11.6. The van der Waals surface area contributed by atoms with Crippen LogP contribution >= 0.6 is 0 Å². The van der Waals surface area contributed by atoms with Crippen LogP contribution in [0.5, 0.6) is 0 Å². The predicted octanol–water partition coefficient (Wildman–Crippen LogP) is 0.914. The molecule has 0 saturated carbocycles. The van der Waals surface area contributed by atoms with Gasteiger partial charge in [-0.25, -0.2) is 0 Å². The average Bonchev–Trinajstić information content (AvgIpc) is 2.77. The summed E-state index contributed by atoms with van der Waals surface area (Å²) in [4.78, 5) is 0. The molecule has 0 radical (unpaired) electrons. The van der Waals surface area contributed by atoms with Crippen molar-refractivity contribution < 1.29 is 9.47 Å². The molecule has 0 aromatic carbocycles. The van der Waals surface area contributed by atoms with Gasteiger partial charge >= 0.3 is 0 Å². The Labute approximate surface area is 104 Å². The zero-order valence-corrected chi connectivity index (χ0v) is 11.0. The van der Waals surface area contributed by atoms with E-state index in [4.69, 9.17) is 9.47 Å². The van der Waals surface area contributed by atoms with E-state index >= 15 is 0 Å². The van der Waals surface area contributed by atoms with Crippen molar-refractivity contribution in [1.29, 1.82) is 0 Å². The van der Waals surface area contributed by atoms with Crippen LogP contribution in [0, 0.1) is 0 Å². The number of piperidine rings is 1. The molecule has 100 valence electrons. The molecule has 0 aromatic heterocycles. The highest BCUT2D eigenvalue weighted by atomic mass is 16.5. The first-order valence-corrected chi connectivity index (χ1v) is 6.95. The molecule has 2 fully saturated rings. The van der Waals surface area contributed by atoms with E-state index in [1.807, 2.05) is 0 Å². The Morgan fingerprint density at radius 2 is 2.24 bits per heavy atom. The Bertz CT molecular complexity index is 211. The molecule has 2 N–H and O–H groups in total. The molecule has 1 atom stereocenters. The van der Waals surface area contributed by atoms with E-state index in [0.29, 0.717) is 6.10 Å². The van der Waals surface area contributed by atoms with Crippen molar-refractivity contribution in [2.24, 2.45) is 0 Å². The largest absolute Gasteiger partial charge is 0.377 e. The lowest BCUT2D eigenvalue weighted by Crippen LogP contribution is -2.39. The molecule has 2 aliphatic rings. The maximum Gasteiger partial charge on any atom is 0.0779 e. The van der Waals surface area contributed by atoms with Crippen molar-refractivity contribution in [2.75, 3.05) is 39.4 Å². The van der Waals surface area contributed by atoms with Crippen LogP contribution in [-0.2, 0) is 9.47 Å². The van der Waals surface area contributed by atoms with Crippen LogP contribution in [0.25, 0.3) is 0 Å². The first kappa shape index (κ1) is 13.3. The lowest BCUT2D eigenvalue weighted by Gasteiger charge is -2.25. The number of hydrogen-bond donors (Lipinski definition) is 2. The molecule has 2 saturated heterocycles. The predicted molar refractivity (Wildman–Crippen MR) is 68.3 cm³/mol. The maximum atomic E-state index is 5.84. The monoisotopic (exact) mass is 242 g/mol. The van der Waals surface area contributed by atoms with E-state index in [2.05, 4.69) is 17.6 Å². The number of nitrogens with one attached hydrogen (secondary N) is 2. The molecule has 0 aliphatic carbocycles. The first-order chi connectivity index (χ1) is 8.29. The normalized spacial score (nSPS) is 30.9. The Kier molecular flexibility index (Phi) is 5.22. The van der Waals surface area contributed by atoms with E-state index in [0.717, 1.165) is 52.2 Å². The van der Waals surface area contributed by atoms with Crippen molar-refractivity contribution in [2.45, 2.75) is 44.3 Å². The Balaban J connectivity index is 1.48. The van der Waals surface area contributed by atoms with Crippen LogP contribution in [-0.4, -0.2) is 51.1 Å². The highest BCUT2D eigenvalue weighted by Crippen LogP contribution is 2.23. The third kappa shape index (κ3) is 4.54. The molecule has 17 heavy (non-hydrogen) atoms. The van der Waals surface area contributed by atoms with Crippen molar-refractivity contribution in [3.63, 3.8) is 0 Å². The van der Waals surface area contributed by atoms with Gasteiger partial charge in [0, 0.05) is 19.7 Å². The van der Waals surface area contributed by atoms with Gasteiger partial charge in [0.05, 0.1) is 18.3 Å². The summed E-state index contributed by atoms with van der Waals surface area (Å²) in [5, 5.41) is 6.79. The lowest BCUT2D eigenvalue weighted by molar-refractivity contribution is 0.0124. The summed E-state index contributed by atoms with van der Waals surface area (Å²) in [6, 6.07) is 0. The van der Waals surface area contributed by atoms with Gasteiger partial charge in [0.15, 0.2) is 0 Å². The van der Waals surface area contributed by atoms with E-state index in [-0.39, 0.29) is 5.60 Å². The third-order valence-electron chi connectivity index (χ3n) is 3.72. The van der Waals surface area contributed by atoms with E-state index in [1.165, 1.54) is 12.8 Å². The van der Waals surface area contributed by atoms with Gasteiger partial charge in [0.1, 0.15) is 0 Å². The summed E-state index contributed by atoms with van der Waals surface area (Å²) in [7, 11) is 0. The fourth-order valence-corrected chi connectivity index (χ4v) is 2.59. The van der Waals surface area contributed by atoms with E-state index < -0.39 is 0 Å². The third-order valence-corrected chi connectivity index (χ3v) is 3.72. The lowest BCUT2D eigenvalue weighted by atomic mass is 10.0. The van der Waals surface area contributed by atoms with Crippen LogP contribution in [0.15, 0.2) is 0 Å². The zero-order valence-electron chi connectivity index (χ0n) is 11.0. The van der Waals surface area contributed by atoms with Gasteiger partial charge in [0.2, 0.25) is 0 Å². The molecule has 2 rings (SSSR count). The van der Waals surface area contributed by atoms with E-state index in [1.54, 1.807) is 0 Å². The summed E-state index contributed by atoms with van der Waals surface area (Å²) in [6.45, 7) is 8.02. The Morgan fingerprint density at radius 1 is 1.41 bits per heavy atom.